The molecule has 3 aromatic rings. The summed E-state index contributed by atoms with van der Waals surface area (Å²) in [5, 5.41) is 3.14. The molecule has 0 aliphatic heterocycles. The first-order chi connectivity index (χ1) is 12.0. The van der Waals surface area contributed by atoms with Gasteiger partial charge in [-0.25, -0.2) is 4.98 Å². The summed E-state index contributed by atoms with van der Waals surface area (Å²) in [4.78, 5) is 18.8. The van der Waals surface area contributed by atoms with E-state index in [4.69, 9.17) is 19.9 Å². The molecule has 2 aromatic carbocycles. The molecule has 25 heavy (non-hydrogen) atoms. The SMILES string of the molecule is COc1cc(Nc2nc3ccc(C(N)=O)cc3[nH]2)cc(OC)c1OC. The average molecular weight is 342 g/mol. The van der Waals surface area contributed by atoms with Gasteiger partial charge in [0.1, 0.15) is 0 Å². The van der Waals surface area contributed by atoms with Gasteiger partial charge in [0.25, 0.3) is 0 Å². The van der Waals surface area contributed by atoms with Crippen molar-refractivity contribution in [3.8, 4) is 17.2 Å². The molecule has 0 saturated heterocycles. The lowest BCUT2D eigenvalue weighted by Crippen LogP contribution is -2.10. The van der Waals surface area contributed by atoms with Crippen LogP contribution in [-0.4, -0.2) is 37.2 Å². The van der Waals surface area contributed by atoms with Crippen LogP contribution in [0.2, 0.25) is 0 Å². The largest absolute Gasteiger partial charge is 0.493 e. The summed E-state index contributed by atoms with van der Waals surface area (Å²) in [5.41, 5.74) is 7.82. The molecule has 0 atom stereocenters. The van der Waals surface area contributed by atoms with Crippen molar-refractivity contribution < 1.29 is 19.0 Å². The highest BCUT2D eigenvalue weighted by atomic mass is 16.5. The molecule has 3 rings (SSSR count). The third-order valence-corrected chi connectivity index (χ3v) is 3.69. The number of amides is 1. The number of carbonyl (C=O) groups is 1. The molecule has 0 fully saturated rings. The van der Waals surface area contributed by atoms with Crippen molar-refractivity contribution in [2.75, 3.05) is 26.6 Å². The average Bonchev–Trinajstić information content (AvgIpc) is 3.01. The Morgan fingerprint density at radius 3 is 2.32 bits per heavy atom. The molecule has 8 heteroatoms. The van der Waals surface area contributed by atoms with Gasteiger partial charge in [-0.15, -0.1) is 0 Å². The minimum absolute atomic E-state index is 0.412. The van der Waals surface area contributed by atoms with Crippen molar-refractivity contribution in [1.29, 1.82) is 0 Å². The number of anilines is 2. The van der Waals surface area contributed by atoms with Crippen LogP contribution in [0.15, 0.2) is 30.3 Å². The molecule has 1 amide bonds. The van der Waals surface area contributed by atoms with E-state index in [1.807, 2.05) is 0 Å². The van der Waals surface area contributed by atoms with E-state index in [0.29, 0.717) is 45.5 Å². The van der Waals surface area contributed by atoms with E-state index in [9.17, 15) is 4.79 Å². The maximum atomic E-state index is 11.3. The first-order valence-corrected chi connectivity index (χ1v) is 7.42. The molecule has 0 unspecified atom stereocenters. The van der Waals surface area contributed by atoms with Gasteiger partial charge in [-0.1, -0.05) is 0 Å². The number of methoxy groups -OCH3 is 3. The number of hydrogen-bond acceptors (Lipinski definition) is 6. The molecule has 0 radical (unpaired) electrons. The summed E-state index contributed by atoms with van der Waals surface area (Å²) in [7, 11) is 4.64. The molecule has 0 bridgehead atoms. The second-order valence-corrected chi connectivity index (χ2v) is 5.22. The van der Waals surface area contributed by atoms with Gasteiger partial charge in [-0.05, 0) is 18.2 Å². The van der Waals surface area contributed by atoms with Gasteiger partial charge in [-0.2, -0.15) is 0 Å². The Morgan fingerprint density at radius 1 is 1.08 bits per heavy atom. The molecule has 130 valence electrons. The number of nitrogens with two attached hydrogens (primary N) is 1. The zero-order valence-electron chi connectivity index (χ0n) is 14.0. The van der Waals surface area contributed by atoms with Crippen LogP contribution in [0.4, 0.5) is 11.6 Å². The number of ether oxygens (including phenoxy) is 3. The molecule has 1 heterocycles. The van der Waals surface area contributed by atoms with E-state index in [1.54, 1.807) is 51.7 Å². The number of H-pyrrole nitrogens is 1. The summed E-state index contributed by atoms with van der Waals surface area (Å²) in [6, 6.07) is 8.55. The fraction of sp³-hybridized carbons (Fsp3) is 0.176. The molecule has 4 N–H and O–H groups in total. The quantitative estimate of drug-likeness (QED) is 0.634. The van der Waals surface area contributed by atoms with Crippen molar-refractivity contribution in [3.05, 3.63) is 35.9 Å². The molecule has 0 saturated carbocycles. The van der Waals surface area contributed by atoms with Gasteiger partial charge < -0.3 is 30.2 Å². The Balaban J connectivity index is 1.96. The maximum absolute atomic E-state index is 11.3. The molecular formula is C17H18N4O4. The van der Waals surface area contributed by atoms with Crippen LogP contribution in [0.1, 0.15) is 10.4 Å². The minimum atomic E-state index is -0.490. The normalized spacial score (nSPS) is 10.5. The fourth-order valence-corrected chi connectivity index (χ4v) is 2.51. The van der Waals surface area contributed by atoms with E-state index in [-0.39, 0.29) is 0 Å². The third-order valence-electron chi connectivity index (χ3n) is 3.69. The predicted octanol–water partition coefficient (Wildman–Crippen LogP) is 2.43. The Labute approximate surface area is 143 Å². The third kappa shape index (κ3) is 3.14. The number of fused-ring (bicyclic) bond motifs is 1. The van der Waals surface area contributed by atoms with E-state index in [2.05, 4.69) is 15.3 Å². The van der Waals surface area contributed by atoms with Crippen molar-refractivity contribution in [3.63, 3.8) is 0 Å². The van der Waals surface area contributed by atoms with Gasteiger partial charge in [0, 0.05) is 23.4 Å². The Hall–Kier alpha value is -3.42. The highest BCUT2D eigenvalue weighted by Gasteiger charge is 2.14. The number of hydrogen-bond donors (Lipinski definition) is 3. The number of aromatic nitrogens is 2. The number of imidazole rings is 1. The summed E-state index contributed by atoms with van der Waals surface area (Å²) < 4.78 is 16.0. The molecule has 0 aliphatic carbocycles. The zero-order chi connectivity index (χ0) is 18.0. The molecular weight excluding hydrogens is 324 g/mol. The van der Waals surface area contributed by atoms with Crippen molar-refractivity contribution in [1.82, 2.24) is 9.97 Å². The summed E-state index contributed by atoms with van der Waals surface area (Å²) >= 11 is 0. The van der Waals surface area contributed by atoms with Crippen LogP contribution in [0.5, 0.6) is 17.2 Å². The van der Waals surface area contributed by atoms with Gasteiger partial charge in [-0.3, -0.25) is 4.79 Å². The Kier molecular flexibility index (Phi) is 4.34. The molecule has 0 spiro atoms. The van der Waals surface area contributed by atoms with Crippen molar-refractivity contribution in [2.24, 2.45) is 5.73 Å². The van der Waals surface area contributed by atoms with E-state index in [1.165, 1.54) is 0 Å². The lowest BCUT2D eigenvalue weighted by Gasteiger charge is -2.14. The standard InChI is InChI=1S/C17H18N4O4/c1-23-13-7-10(8-14(24-2)15(13)25-3)19-17-20-11-5-4-9(16(18)22)6-12(11)21-17/h4-8H,1-3H3,(H2,18,22)(H2,19,20,21). The lowest BCUT2D eigenvalue weighted by molar-refractivity contribution is 0.100. The van der Waals surface area contributed by atoms with Crippen LogP contribution in [0.25, 0.3) is 11.0 Å². The predicted molar refractivity (Wildman–Crippen MR) is 94.0 cm³/mol. The highest BCUT2D eigenvalue weighted by Crippen LogP contribution is 2.40. The van der Waals surface area contributed by atoms with Gasteiger partial charge >= 0.3 is 0 Å². The van der Waals surface area contributed by atoms with Crippen LogP contribution < -0.4 is 25.3 Å². The smallest absolute Gasteiger partial charge is 0.248 e. The minimum Gasteiger partial charge on any atom is -0.493 e. The number of benzene rings is 2. The summed E-state index contributed by atoms with van der Waals surface area (Å²) in [6.45, 7) is 0. The number of carbonyl (C=O) groups excluding carboxylic acids is 1. The topological polar surface area (TPSA) is 111 Å². The van der Waals surface area contributed by atoms with Crippen molar-refractivity contribution in [2.45, 2.75) is 0 Å². The summed E-state index contributed by atoms with van der Waals surface area (Å²) in [5.74, 6) is 1.57. The second-order valence-electron chi connectivity index (χ2n) is 5.22. The Bertz CT molecular complexity index is 911. The second kappa shape index (κ2) is 6.60. The van der Waals surface area contributed by atoms with Crippen molar-refractivity contribution >= 4 is 28.6 Å². The molecule has 8 nitrogen and oxygen atoms in total. The number of primary amides is 1. The first-order valence-electron chi connectivity index (χ1n) is 7.42. The monoisotopic (exact) mass is 342 g/mol. The van der Waals surface area contributed by atoms with Crippen LogP contribution in [0.3, 0.4) is 0 Å². The van der Waals surface area contributed by atoms with Crippen LogP contribution in [-0.2, 0) is 0 Å². The fourth-order valence-electron chi connectivity index (χ4n) is 2.51. The number of nitrogens with zero attached hydrogens (tertiary/aromatic N) is 1. The van der Waals surface area contributed by atoms with E-state index < -0.39 is 5.91 Å². The molecule has 1 aromatic heterocycles. The van der Waals surface area contributed by atoms with Gasteiger partial charge in [0.15, 0.2) is 11.5 Å². The van der Waals surface area contributed by atoms with Crippen LogP contribution in [0, 0.1) is 0 Å². The van der Waals surface area contributed by atoms with Gasteiger partial charge in [0.05, 0.1) is 32.4 Å². The first kappa shape index (κ1) is 16.4. The zero-order valence-corrected chi connectivity index (χ0v) is 14.0. The van der Waals surface area contributed by atoms with E-state index in [0.717, 1.165) is 0 Å². The lowest BCUT2D eigenvalue weighted by atomic mass is 10.2. The van der Waals surface area contributed by atoms with E-state index >= 15 is 0 Å². The molecule has 0 aliphatic rings. The summed E-state index contributed by atoms with van der Waals surface area (Å²) in [6.07, 6.45) is 0. The highest BCUT2D eigenvalue weighted by molar-refractivity contribution is 5.96. The maximum Gasteiger partial charge on any atom is 0.248 e. The van der Waals surface area contributed by atoms with Crippen LogP contribution >= 0.6 is 0 Å². The number of nitrogens with one attached hydrogen (secondary N) is 2. The number of aromatic amines is 1. The van der Waals surface area contributed by atoms with Gasteiger partial charge in [0.2, 0.25) is 17.6 Å². The number of rotatable bonds is 6. The Morgan fingerprint density at radius 2 is 1.76 bits per heavy atom.